The van der Waals surface area contributed by atoms with Crippen LogP contribution in [-0.2, 0) is 29.8 Å². The first-order valence-corrected chi connectivity index (χ1v) is 14.2. The van der Waals surface area contributed by atoms with Gasteiger partial charge in [0.2, 0.25) is 10.0 Å². The third-order valence-electron chi connectivity index (χ3n) is 8.72. The summed E-state index contributed by atoms with van der Waals surface area (Å²) in [7, 11) is -3.81. The van der Waals surface area contributed by atoms with Crippen molar-refractivity contribution in [3.05, 3.63) is 59.2 Å². The minimum absolute atomic E-state index is 0.00185. The molecule has 2 aromatic rings. The molecule has 6 rings (SSSR count). The monoisotopic (exact) mass is 510 g/mol. The fourth-order valence-electron chi connectivity index (χ4n) is 7.22. The lowest BCUT2D eigenvalue weighted by atomic mass is 9.43. The van der Waals surface area contributed by atoms with Gasteiger partial charge in [-0.3, -0.25) is 9.59 Å². The van der Waals surface area contributed by atoms with Crippen LogP contribution in [0.25, 0.3) is 0 Å². The van der Waals surface area contributed by atoms with Crippen LogP contribution in [0.3, 0.4) is 0 Å². The van der Waals surface area contributed by atoms with Crippen molar-refractivity contribution in [2.75, 3.05) is 5.32 Å². The average Bonchev–Trinajstić information content (AvgIpc) is 2.79. The zero-order chi connectivity index (χ0) is 25.9. The van der Waals surface area contributed by atoms with Gasteiger partial charge in [0.05, 0.1) is 10.3 Å². The van der Waals surface area contributed by atoms with Crippen molar-refractivity contribution in [3.63, 3.8) is 0 Å². The number of sulfonamides is 1. The number of aryl methyl sites for hydroxylation is 2. The number of hydrogen-bond donors (Lipinski definition) is 2. The first-order chi connectivity index (χ1) is 16.9. The van der Waals surface area contributed by atoms with Crippen LogP contribution < -0.4 is 10.5 Å². The van der Waals surface area contributed by atoms with E-state index in [1.807, 2.05) is 0 Å². The Balaban J connectivity index is 1.30. The van der Waals surface area contributed by atoms with Crippen LogP contribution in [0.4, 0.5) is 5.69 Å². The second kappa shape index (κ2) is 8.70. The van der Waals surface area contributed by atoms with Crippen LogP contribution >= 0.6 is 0 Å². The zero-order valence-electron chi connectivity index (χ0n) is 21.0. The number of carbonyl (C=O) groups excluding carboxylic acids is 2. The molecule has 0 saturated heterocycles. The molecule has 3 N–H and O–H groups in total. The molecule has 0 radical (unpaired) electrons. The van der Waals surface area contributed by atoms with E-state index < -0.39 is 27.4 Å². The summed E-state index contributed by atoms with van der Waals surface area (Å²) in [4.78, 5) is 26.4. The third-order valence-corrected chi connectivity index (χ3v) is 9.65. The number of ether oxygens (including phenoxy) is 1. The molecule has 4 saturated carbocycles. The second-order valence-electron chi connectivity index (χ2n) is 11.4. The number of esters is 1. The van der Waals surface area contributed by atoms with Crippen LogP contribution in [0, 0.1) is 31.1 Å². The molecule has 4 bridgehead atoms. The van der Waals surface area contributed by atoms with E-state index >= 15 is 0 Å². The molecular formula is C28H34N2O5S. The van der Waals surface area contributed by atoms with E-state index in [1.54, 1.807) is 6.92 Å². The SMILES string of the molecule is Cc1ccc(C23C[C@@H]4C[C@H](CC(C(=O)O[C@@H](C)C(=O)Nc5ccc(S(N)(=O)=O)cc5)(C4)C2)C3)cc1C. The lowest BCUT2D eigenvalue weighted by Crippen LogP contribution is -2.57. The maximum absolute atomic E-state index is 13.6. The van der Waals surface area contributed by atoms with E-state index in [0.717, 1.165) is 32.1 Å². The maximum Gasteiger partial charge on any atom is 0.312 e. The fraction of sp³-hybridized carbons (Fsp3) is 0.500. The Morgan fingerprint density at radius 1 is 1.00 bits per heavy atom. The van der Waals surface area contributed by atoms with Crippen LogP contribution in [0.2, 0.25) is 0 Å². The van der Waals surface area contributed by atoms with Gasteiger partial charge < -0.3 is 10.1 Å². The van der Waals surface area contributed by atoms with Gasteiger partial charge in [-0.2, -0.15) is 0 Å². The predicted molar refractivity (Wildman–Crippen MR) is 137 cm³/mol. The van der Waals surface area contributed by atoms with Gasteiger partial charge in [-0.25, -0.2) is 13.6 Å². The van der Waals surface area contributed by atoms with Crippen molar-refractivity contribution in [2.45, 2.75) is 75.7 Å². The lowest BCUT2D eigenvalue weighted by Gasteiger charge is -2.61. The average molecular weight is 511 g/mol. The van der Waals surface area contributed by atoms with E-state index in [9.17, 15) is 18.0 Å². The van der Waals surface area contributed by atoms with Gasteiger partial charge in [0.25, 0.3) is 5.91 Å². The highest BCUT2D eigenvalue weighted by Crippen LogP contribution is 2.66. The summed E-state index contributed by atoms with van der Waals surface area (Å²) in [6.45, 7) is 5.84. The summed E-state index contributed by atoms with van der Waals surface area (Å²) in [6, 6.07) is 12.3. The number of nitrogens with two attached hydrogens (primary N) is 1. The van der Waals surface area contributed by atoms with Crippen molar-refractivity contribution in [3.8, 4) is 0 Å². The van der Waals surface area contributed by atoms with Crippen LogP contribution in [0.5, 0.6) is 0 Å². The number of nitrogens with one attached hydrogen (secondary N) is 1. The molecule has 3 atom stereocenters. The fourth-order valence-corrected chi connectivity index (χ4v) is 7.74. The molecule has 0 aliphatic heterocycles. The number of hydrogen-bond acceptors (Lipinski definition) is 5. The quantitative estimate of drug-likeness (QED) is 0.560. The standard InChI is InChI=1S/C28H34N2O5S/c1-17-4-5-22(10-18(17)2)27-12-20-11-21(13-27)15-28(14-20,16-27)26(32)35-19(3)25(31)30-23-6-8-24(9-7-23)36(29,33)34/h4-10,19-21H,11-16H2,1-3H3,(H,30,31)(H2,29,33,34)/t19-,20-,21-,27?,28?/m0/s1. The Morgan fingerprint density at radius 3 is 2.22 bits per heavy atom. The van der Waals surface area contributed by atoms with Crippen molar-refractivity contribution in [1.29, 1.82) is 0 Å². The molecule has 4 fully saturated rings. The number of benzene rings is 2. The Kier molecular flexibility index (Phi) is 6.03. The molecule has 36 heavy (non-hydrogen) atoms. The smallest absolute Gasteiger partial charge is 0.312 e. The Labute approximate surface area is 212 Å². The molecule has 192 valence electrons. The van der Waals surface area contributed by atoms with Crippen LogP contribution in [0.15, 0.2) is 47.4 Å². The van der Waals surface area contributed by atoms with E-state index in [0.29, 0.717) is 17.5 Å². The Morgan fingerprint density at radius 2 is 1.64 bits per heavy atom. The summed E-state index contributed by atoms with van der Waals surface area (Å²) < 4.78 is 28.7. The van der Waals surface area contributed by atoms with Gasteiger partial charge in [-0.15, -0.1) is 0 Å². The van der Waals surface area contributed by atoms with Crippen molar-refractivity contribution in [2.24, 2.45) is 22.4 Å². The van der Waals surface area contributed by atoms with Crippen molar-refractivity contribution >= 4 is 27.6 Å². The molecule has 0 unspecified atom stereocenters. The van der Waals surface area contributed by atoms with Gasteiger partial charge in [-0.05, 0) is 118 Å². The predicted octanol–water partition coefficient (Wildman–Crippen LogP) is 4.36. The van der Waals surface area contributed by atoms with Crippen molar-refractivity contribution < 1.29 is 22.7 Å². The highest BCUT2D eigenvalue weighted by Gasteiger charge is 2.61. The summed E-state index contributed by atoms with van der Waals surface area (Å²) in [6.07, 6.45) is 4.87. The maximum atomic E-state index is 13.6. The Hall–Kier alpha value is -2.71. The molecule has 8 heteroatoms. The van der Waals surface area contributed by atoms with Gasteiger partial charge in [0, 0.05) is 5.69 Å². The zero-order valence-corrected chi connectivity index (χ0v) is 21.9. The lowest BCUT2D eigenvalue weighted by molar-refractivity contribution is -0.180. The number of anilines is 1. The van der Waals surface area contributed by atoms with Gasteiger partial charge in [-0.1, -0.05) is 18.2 Å². The minimum Gasteiger partial charge on any atom is -0.452 e. The number of amides is 1. The first-order valence-electron chi connectivity index (χ1n) is 12.6. The third kappa shape index (κ3) is 4.45. The summed E-state index contributed by atoms with van der Waals surface area (Å²) in [5, 5.41) is 7.82. The summed E-state index contributed by atoms with van der Waals surface area (Å²) >= 11 is 0. The molecule has 0 spiro atoms. The normalized spacial score (nSPS) is 29.6. The van der Waals surface area contributed by atoms with E-state index in [1.165, 1.54) is 47.4 Å². The first kappa shape index (κ1) is 25.0. The number of rotatable bonds is 6. The van der Waals surface area contributed by atoms with Crippen molar-refractivity contribution in [1.82, 2.24) is 0 Å². The largest absolute Gasteiger partial charge is 0.452 e. The molecule has 0 heterocycles. The highest BCUT2D eigenvalue weighted by atomic mass is 32.2. The molecule has 0 aromatic heterocycles. The number of primary sulfonamides is 1. The molecule has 1 amide bonds. The summed E-state index contributed by atoms with van der Waals surface area (Å²) in [5.41, 5.74) is 3.75. The molecular weight excluding hydrogens is 476 g/mol. The van der Waals surface area contributed by atoms with Gasteiger partial charge in [0.15, 0.2) is 6.10 Å². The van der Waals surface area contributed by atoms with Gasteiger partial charge in [0.1, 0.15) is 0 Å². The topological polar surface area (TPSA) is 116 Å². The summed E-state index contributed by atoms with van der Waals surface area (Å²) in [5.74, 6) is 0.279. The highest BCUT2D eigenvalue weighted by molar-refractivity contribution is 7.89. The second-order valence-corrected chi connectivity index (χ2v) is 13.0. The minimum atomic E-state index is -3.81. The van der Waals surface area contributed by atoms with Crippen LogP contribution in [0.1, 0.15) is 62.1 Å². The molecule has 4 aliphatic rings. The number of carbonyl (C=O) groups is 2. The Bertz CT molecular complexity index is 1300. The molecule has 7 nitrogen and oxygen atoms in total. The van der Waals surface area contributed by atoms with E-state index in [2.05, 4.69) is 37.4 Å². The van der Waals surface area contributed by atoms with E-state index in [4.69, 9.17) is 9.88 Å². The van der Waals surface area contributed by atoms with Crippen LogP contribution in [-0.4, -0.2) is 26.4 Å². The van der Waals surface area contributed by atoms with Gasteiger partial charge >= 0.3 is 5.97 Å². The molecule has 2 aromatic carbocycles. The van der Waals surface area contributed by atoms with E-state index in [-0.39, 0.29) is 16.3 Å². The molecule has 4 aliphatic carbocycles.